The van der Waals surface area contributed by atoms with Gasteiger partial charge in [-0.1, -0.05) is 6.07 Å². The van der Waals surface area contributed by atoms with Crippen LogP contribution < -0.4 is 15.2 Å². The number of fused-ring (bicyclic) bond motifs is 1. The van der Waals surface area contributed by atoms with E-state index in [0.717, 1.165) is 12.8 Å². The Kier molecular flexibility index (Phi) is 3.68. The third kappa shape index (κ3) is 2.51. The zero-order chi connectivity index (χ0) is 16.5. The molecule has 1 fully saturated rings. The van der Waals surface area contributed by atoms with E-state index in [1.165, 1.54) is 6.20 Å². The van der Waals surface area contributed by atoms with E-state index in [2.05, 4.69) is 9.97 Å². The number of hydrogen-bond donors (Lipinski definition) is 1. The summed E-state index contributed by atoms with van der Waals surface area (Å²) in [6.45, 7) is 1.55. The lowest BCUT2D eigenvalue weighted by atomic mass is 10.1. The lowest BCUT2D eigenvalue weighted by Crippen LogP contribution is -2.32. The third-order valence-corrected chi connectivity index (χ3v) is 4.37. The summed E-state index contributed by atoms with van der Waals surface area (Å²) in [5.74, 6) is 0.986. The number of nitrogens with zero attached hydrogens (tertiary/aromatic N) is 2. The van der Waals surface area contributed by atoms with Crippen molar-refractivity contribution in [2.75, 3.05) is 19.8 Å². The number of aromatic nitrogens is 2. The molecule has 0 aliphatic carbocycles. The Bertz CT molecular complexity index is 833. The van der Waals surface area contributed by atoms with Gasteiger partial charge in [-0.2, -0.15) is 0 Å². The van der Waals surface area contributed by atoms with Crippen molar-refractivity contribution < 1.29 is 14.3 Å². The standard InChI is InChI=1S/C17H17N3O4/c21-16(11-3-1-5-14-15(11)24-10-9-23-14)20-8-2-4-13(20)12-6-7-18-17(22)19-12/h1,3,5-7,13H,2,4,8-10H2,(H,18,19,22). The van der Waals surface area contributed by atoms with Crippen molar-refractivity contribution in [3.05, 3.63) is 52.2 Å². The summed E-state index contributed by atoms with van der Waals surface area (Å²) in [5, 5.41) is 0. The van der Waals surface area contributed by atoms with E-state index >= 15 is 0 Å². The number of para-hydroxylation sites is 1. The molecular formula is C17H17N3O4. The predicted octanol–water partition coefficient (Wildman–Crippen LogP) is 1.52. The second kappa shape index (κ2) is 5.99. The van der Waals surface area contributed by atoms with Crippen LogP contribution in [0, 0.1) is 0 Å². The van der Waals surface area contributed by atoms with Crippen LogP contribution in [-0.2, 0) is 0 Å². The molecule has 1 N–H and O–H groups in total. The van der Waals surface area contributed by atoms with Crippen LogP contribution in [0.5, 0.6) is 11.5 Å². The van der Waals surface area contributed by atoms with Gasteiger partial charge in [0.1, 0.15) is 13.2 Å². The number of hydrogen-bond acceptors (Lipinski definition) is 5. The van der Waals surface area contributed by atoms with Gasteiger partial charge >= 0.3 is 5.69 Å². The summed E-state index contributed by atoms with van der Waals surface area (Å²) in [4.78, 5) is 32.7. The molecule has 0 spiro atoms. The van der Waals surface area contributed by atoms with E-state index in [0.29, 0.717) is 42.5 Å². The van der Waals surface area contributed by atoms with Crippen molar-refractivity contribution in [1.82, 2.24) is 14.9 Å². The van der Waals surface area contributed by atoms with Gasteiger partial charge in [0.2, 0.25) is 0 Å². The van der Waals surface area contributed by atoms with E-state index in [1.54, 1.807) is 29.2 Å². The van der Waals surface area contributed by atoms with Gasteiger partial charge < -0.3 is 19.4 Å². The molecule has 7 nitrogen and oxygen atoms in total. The molecule has 0 bridgehead atoms. The topological polar surface area (TPSA) is 84.5 Å². The predicted molar refractivity (Wildman–Crippen MR) is 85.3 cm³/mol. The lowest BCUT2D eigenvalue weighted by Gasteiger charge is -2.27. The molecule has 1 atom stereocenters. The van der Waals surface area contributed by atoms with Crippen molar-refractivity contribution >= 4 is 5.91 Å². The molecule has 2 aliphatic rings. The molecule has 0 saturated carbocycles. The maximum atomic E-state index is 13.1. The Morgan fingerprint density at radius 2 is 2.12 bits per heavy atom. The summed E-state index contributed by atoms with van der Waals surface area (Å²) < 4.78 is 11.2. The summed E-state index contributed by atoms with van der Waals surface area (Å²) in [7, 11) is 0. The van der Waals surface area contributed by atoms with Crippen molar-refractivity contribution in [3.8, 4) is 11.5 Å². The molecule has 1 unspecified atom stereocenters. The van der Waals surface area contributed by atoms with E-state index in [4.69, 9.17) is 9.47 Å². The third-order valence-electron chi connectivity index (χ3n) is 4.37. The number of amides is 1. The van der Waals surface area contributed by atoms with E-state index in [1.807, 2.05) is 0 Å². The van der Waals surface area contributed by atoms with Crippen LogP contribution in [0.25, 0.3) is 0 Å². The molecule has 24 heavy (non-hydrogen) atoms. The van der Waals surface area contributed by atoms with E-state index < -0.39 is 5.69 Å². The summed E-state index contributed by atoms with van der Waals surface area (Å²) >= 11 is 0. The van der Waals surface area contributed by atoms with Crippen LogP contribution in [0.15, 0.2) is 35.3 Å². The SMILES string of the molecule is O=C(c1cccc2c1OCCO2)N1CCCC1c1ccnc(=O)[nH]1. The molecule has 124 valence electrons. The molecule has 2 aliphatic heterocycles. The molecule has 1 saturated heterocycles. The van der Waals surface area contributed by atoms with Crippen LogP contribution in [0.2, 0.25) is 0 Å². The van der Waals surface area contributed by atoms with E-state index in [9.17, 15) is 9.59 Å². The van der Waals surface area contributed by atoms with Crippen molar-refractivity contribution in [2.45, 2.75) is 18.9 Å². The molecule has 0 radical (unpaired) electrons. The Balaban J connectivity index is 1.68. The van der Waals surface area contributed by atoms with Crippen LogP contribution in [0.1, 0.15) is 34.9 Å². The number of rotatable bonds is 2. The van der Waals surface area contributed by atoms with Crippen molar-refractivity contribution in [2.24, 2.45) is 0 Å². The number of benzene rings is 1. The number of ether oxygens (including phenoxy) is 2. The fraction of sp³-hybridized carbons (Fsp3) is 0.353. The first-order valence-corrected chi connectivity index (χ1v) is 7.99. The zero-order valence-electron chi connectivity index (χ0n) is 13.0. The van der Waals surface area contributed by atoms with E-state index in [-0.39, 0.29) is 11.9 Å². The largest absolute Gasteiger partial charge is 0.486 e. The first-order chi connectivity index (χ1) is 11.7. The van der Waals surface area contributed by atoms with Gasteiger partial charge in [0.05, 0.1) is 11.6 Å². The van der Waals surface area contributed by atoms with Crippen molar-refractivity contribution in [3.63, 3.8) is 0 Å². The van der Waals surface area contributed by atoms with Gasteiger partial charge in [0.25, 0.3) is 5.91 Å². The Morgan fingerprint density at radius 3 is 3.00 bits per heavy atom. The molecule has 1 aromatic heterocycles. The summed E-state index contributed by atoms with van der Waals surface area (Å²) in [5.41, 5.74) is 0.805. The van der Waals surface area contributed by atoms with Gasteiger partial charge in [-0.15, -0.1) is 0 Å². The Morgan fingerprint density at radius 1 is 1.25 bits per heavy atom. The van der Waals surface area contributed by atoms with Gasteiger partial charge in [-0.25, -0.2) is 9.78 Å². The van der Waals surface area contributed by atoms with Gasteiger partial charge in [0.15, 0.2) is 11.5 Å². The van der Waals surface area contributed by atoms with Crippen LogP contribution >= 0.6 is 0 Å². The number of aromatic amines is 1. The van der Waals surface area contributed by atoms with Crippen molar-refractivity contribution in [1.29, 1.82) is 0 Å². The molecule has 1 aromatic carbocycles. The number of H-pyrrole nitrogens is 1. The molecule has 7 heteroatoms. The highest BCUT2D eigenvalue weighted by Crippen LogP contribution is 2.37. The molecule has 1 amide bonds. The average molecular weight is 327 g/mol. The number of carbonyl (C=O) groups excluding carboxylic acids is 1. The second-order valence-electron chi connectivity index (χ2n) is 5.82. The first kappa shape index (κ1) is 14.7. The maximum absolute atomic E-state index is 13.1. The van der Waals surface area contributed by atoms with Gasteiger partial charge in [-0.3, -0.25) is 4.79 Å². The lowest BCUT2D eigenvalue weighted by molar-refractivity contribution is 0.0722. The smallest absolute Gasteiger partial charge is 0.345 e. The molecular weight excluding hydrogens is 310 g/mol. The summed E-state index contributed by atoms with van der Waals surface area (Å²) in [6, 6.07) is 6.93. The quantitative estimate of drug-likeness (QED) is 0.904. The highest BCUT2D eigenvalue weighted by Gasteiger charge is 2.33. The van der Waals surface area contributed by atoms with Crippen LogP contribution in [-0.4, -0.2) is 40.5 Å². The monoisotopic (exact) mass is 327 g/mol. The van der Waals surface area contributed by atoms with Crippen LogP contribution in [0.3, 0.4) is 0 Å². The first-order valence-electron chi connectivity index (χ1n) is 7.99. The number of nitrogens with one attached hydrogen (secondary N) is 1. The number of carbonyl (C=O) groups is 1. The Labute approximate surface area is 138 Å². The van der Waals surface area contributed by atoms with Gasteiger partial charge in [0, 0.05) is 18.4 Å². The second-order valence-corrected chi connectivity index (χ2v) is 5.82. The summed E-state index contributed by atoms with van der Waals surface area (Å²) in [6.07, 6.45) is 3.15. The minimum atomic E-state index is -0.402. The highest BCUT2D eigenvalue weighted by atomic mass is 16.6. The fourth-order valence-electron chi connectivity index (χ4n) is 3.31. The maximum Gasteiger partial charge on any atom is 0.345 e. The molecule has 2 aromatic rings. The minimum absolute atomic E-state index is 0.113. The highest BCUT2D eigenvalue weighted by molar-refractivity contribution is 5.98. The average Bonchev–Trinajstić information content (AvgIpc) is 3.10. The van der Waals surface area contributed by atoms with Gasteiger partial charge in [-0.05, 0) is 31.0 Å². The fourth-order valence-corrected chi connectivity index (χ4v) is 3.31. The number of likely N-dealkylation sites (tertiary alicyclic amines) is 1. The minimum Gasteiger partial charge on any atom is -0.486 e. The Hall–Kier alpha value is -2.83. The molecule has 3 heterocycles. The zero-order valence-corrected chi connectivity index (χ0v) is 13.0. The van der Waals surface area contributed by atoms with Crippen LogP contribution in [0.4, 0.5) is 0 Å². The normalized spacial score (nSPS) is 19.3. The molecule has 4 rings (SSSR count).